The third kappa shape index (κ3) is 2.56. The molecule has 0 spiro atoms. The molecule has 0 aromatic carbocycles. The molecular formula is C14H23N3O4. The van der Waals surface area contributed by atoms with Crippen LogP contribution < -0.4 is 0 Å². The number of likely N-dealkylation sites (tertiary alicyclic amines) is 1. The molecule has 0 aromatic rings. The van der Waals surface area contributed by atoms with E-state index in [1.54, 1.807) is 35.6 Å². The van der Waals surface area contributed by atoms with Crippen LogP contribution in [-0.4, -0.2) is 76.5 Å². The van der Waals surface area contributed by atoms with Crippen LogP contribution >= 0.6 is 0 Å². The van der Waals surface area contributed by atoms with Crippen molar-refractivity contribution < 1.29 is 19.5 Å². The van der Waals surface area contributed by atoms with Crippen molar-refractivity contribution in [1.29, 1.82) is 0 Å². The van der Waals surface area contributed by atoms with E-state index in [0.717, 1.165) is 0 Å². The number of likely N-dealkylation sites (N-methyl/N-ethyl adjacent to an activating group) is 1. The molecule has 0 radical (unpaired) electrons. The first-order chi connectivity index (χ1) is 9.66. The summed E-state index contributed by atoms with van der Waals surface area (Å²) in [4.78, 5) is 40.8. The number of hydrogen-bond donors (Lipinski definition) is 1. The Kier molecular flexibility index (Phi) is 3.86. The van der Waals surface area contributed by atoms with Gasteiger partial charge in [0.2, 0.25) is 5.91 Å². The van der Waals surface area contributed by atoms with Crippen molar-refractivity contribution >= 4 is 17.9 Å². The number of amides is 3. The van der Waals surface area contributed by atoms with Crippen LogP contribution in [0.2, 0.25) is 0 Å². The Morgan fingerprint density at radius 1 is 1.24 bits per heavy atom. The number of carbonyl (C=O) groups is 3. The second kappa shape index (κ2) is 5.20. The molecule has 2 rings (SSSR count). The molecule has 2 aliphatic rings. The fourth-order valence-electron chi connectivity index (χ4n) is 3.16. The van der Waals surface area contributed by atoms with Gasteiger partial charge in [0.05, 0.1) is 5.92 Å². The van der Waals surface area contributed by atoms with Crippen LogP contribution in [0.1, 0.15) is 20.8 Å². The average Bonchev–Trinajstić information content (AvgIpc) is 2.78. The normalized spacial score (nSPS) is 29.0. The summed E-state index contributed by atoms with van der Waals surface area (Å²) in [6.45, 7) is 6.91. The number of rotatable bonds is 1. The second-order valence-corrected chi connectivity index (χ2v) is 6.55. The first-order valence-electron chi connectivity index (χ1n) is 7.21. The molecule has 1 N–H and O–H groups in total. The minimum Gasteiger partial charge on any atom is -0.481 e. The molecule has 118 valence electrons. The van der Waals surface area contributed by atoms with Crippen LogP contribution in [-0.2, 0) is 9.59 Å². The number of carboxylic acid groups (broad SMARTS) is 1. The summed E-state index contributed by atoms with van der Waals surface area (Å²) in [5.74, 6) is -1.56. The van der Waals surface area contributed by atoms with Gasteiger partial charge in [-0.2, -0.15) is 0 Å². The highest BCUT2D eigenvalue weighted by atomic mass is 16.4. The lowest BCUT2D eigenvalue weighted by Gasteiger charge is -2.45. The lowest BCUT2D eigenvalue weighted by Crippen LogP contribution is -2.65. The van der Waals surface area contributed by atoms with Crippen LogP contribution in [0.25, 0.3) is 0 Å². The maximum Gasteiger partial charge on any atom is 0.320 e. The van der Waals surface area contributed by atoms with Crippen molar-refractivity contribution in [2.45, 2.75) is 26.3 Å². The topological polar surface area (TPSA) is 81.2 Å². The van der Waals surface area contributed by atoms with Gasteiger partial charge < -0.3 is 19.8 Å². The number of nitrogens with zero attached hydrogens (tertiary/aromatic N) is 3. The number of urea groups is 1. The molecule has 7 nitrogen and oxygen atoms in total. The predicted molar refractivity (Wildman–Crippen MR) is 75.7 cm³/mol. The SMILES string of the molecule is CC1CN(C(=O)N2CCN(C)C(=O)C2(C)C)CC1C(=O)O. The van der Waals surface area contributed by atoms with Crippen LogP contribution in [0.3, 0.4) is 0 Å². The summed E-state index contributed by atoms with van der Waals surface area (Å²) in [5.41, 5.74) is -0.894. The summed E-state index contributed by atoms with van der Waals surface area (Å²) in [6, 6.07) is -0.239. The van der Waals surface area contributed by atoms with Crippen molar-refractivity contribution in [2.75, 3.05) is 33.2 Å². The average molecular weight is 297 g/mol. The van der Waals surface area contributed by atoms with Crippen molar-refractivity contribution in [3.05, 3.63) is 0 Å². The summed E-state index contributed by atoms with van der Waals surface area (Å²) in [6.07, 6.45) is 0. The number of piperazine rings is 1. The second-order valence-electron chi connectivity index (χ2n) is 6.55. The van der Waals surface area contributed by atoms with Crippen molar-refractivity contribution in [2.24, 2.45) is 11.8 Å². The van der Waals surface area contributed by atoms with E-state index < -0.39 is 17.4 Å². The molecule has 2 fully saturated rings. The molecule has 0 aliphatic carbocycles. The third-order valence-corrected chi connectivity index (χ3v) is 4.63. The van der Waals surface area contributed by atoms with Gasteiger partial charge in [-0.3, -0.25) is 9.59 Å². The summed E-state index contributed by atoms with van der Waals surface area (Å²) in [7, 11) is 1.73. The molecule has 7 heteroatoms. The molecule has 2 atom stereocenters. The van der Waals surface area contributed by atoms with Gasteiger partial charge in [0.25, 0.3) is 0 Å². The zero-order valence-corrected chi connectivity index (χ0v) is 13.0. The zero-order chi connectivity index (χ0) is 15.9. The molecule has 2 aliphatic heterocycles. The largest absolute Gasteiger partial charge is 0.481 e. The Balaban J connectivity index is 2.14. The van der Waals surface area contributed by atoms with Gasteiger partial charge in [-0.25, -0.2) is 4.79 Å². The molecule has 0 aromatic heterocycles. The Bertz CT molecular complexity index is 477. The maximum atomic E-state index is 12.7. The van der Waals surface area contributed by atoms with E-state index >= 15 is 0 Å². The van der Waals surface area contributed by atoms with Crippen LogP contribution in [0, 0.1) is 11.8 Å². The van der Waals surface area contributed by atoms with Gasteiger partial charge in [-0.05, 0) is 19.8 Å². The van der Waals surface area contributed by atoms with Gasteiger partial charge in [0, 0.05) is 33.2 Å². The highest BCUT2D eigenvalue weighted by molar-refractivity contribution is 5.91. The van der Waals surface area contributed by atoms with Gasteiger partial charge in [0.15, 0.2) is 0 Å². The quantitative estimate of drug-likeness (QED) is 0.755. The van der Waals surface area contributed by atoms with Crippen LogP contribution in [0.15, 0.2) is 0 Å². The molecule has 0 saturated carbocycles. The van der Waals surface area contributed by atoms with E-state index in [-0.39, 0.29) is 24.4 Å². The van der Waals surface area contributed by atoms with E-state index in [2.05, 4.69) is 0 Å². The predicted octanol–water partition coefficient (Wildman–Crippen LogP) is 0.312. The van der Waals surface area contributed by atoms with Crippen LogP contribution in [0.5, 0.6) is 0 Å². The van der Waals surface area contributed by atoms with E-state index in [1.165, 1.54) is 0 Å². The first kappa shape index (κ1) is 15.6. The molecule has 0 bridgehead atoms. The Hall–Kier alpha value is -1.79. The van der Waals surface area contributed by atoms with Gasteiger partial charge in [-0.15, -0.1) is 0 Å². The molecule has 2 heterocycles. The summed E-state index contributed by atoms with van der Waals surface area (Å²) < 4.78 is 0. The van der Waals surface area contributed by atoms with Gasteiger partial charge in [0.1, 0.15) is 5.54 Å². The summed E-state index contributed by atoms with van der Waals surface area (Å²) >= 11 is 0. The van der Waals surface area contributed by atoms with E-state index in [1.807, 2.05) is 6.92 Å². The lowest BCUT2D eigenvalue weighted by atomic mass is 9.98. The number of aliphatic carboxylic acids is 1. The first-order valence-corrected chi connectivity index (χ1v) is 7.21. The fourth-order valence-corrected chi connectivity index (χ4v) is 3.16. The minimum atomic E-state index is -0.894. The van der Waals surface area contributed by atoms with Crippen molar-refractivity contribution in [3.63, 3.8) is 0 Å². The highest BCUT2D eigenvalue weighted by Gasteiger charge is 2.46. The molecular weight excluding hydrogens is 274 g/mol. The van der Waals surface area contributed by atoms with Crippen molar-refractivity contribution in [3.8, 4) is 0 Å². The standard InChI is InChI=1S/C14H23N3O4/c1-9-7-16(8-10(9)11(18)19)13(21)17-6-5-15(4)12(20)14(17,2)3/h9-10H,5-8H2,1-4H3,(H,18,19). The molecule has 2 saturated heterocycles. The molecule has 21 heavy (non-hydrogen) atoms. The number of carboxylic acids is 1. The van der Waals surface area contributed by atoms with E-state index in [4.69, 9.17) is 5.11 Å². The van der Waals surface area contributed by atoms with Crippen LogP contribution in [0.4, 0.5) is 4.79 Å². The minimum absolute atomic E-state index is 0.0715. The molecule has 3 amide bonds. The lowest BCUT2D eigenvalue weighted by molar-refractivity contribution is -0.145. The van der Waals surface area contributed by atoms with E-state index in [0.29, 0.717) is 19.6 Å². The Morgan fingerprint density at radius 2 is 1.86 bits per heavy atom. The third-order valence-electron chi connectivity index (χ3n) is 4.63. The van der Waals surface area contributed by atoms with E-state index in [9.17, 15) is 14.4 Å². The van der Waals surface area contributed by atoms with Gasteiger partial charge >= 0.3 is 12.0 Å². The van der Waals surface area contributed by atoms with Gasteiger partial charge in [-0.1, -0.05) is 6.92 Å². The molecule has 2 unspecified atom stereocenters. The fraction of sp³-hybridized carbons (Fsp3) is 0.786. The highest BCUT2D eigenvalue weighted by Crippen LogP contribution is 2.28. The number of hydrogen-bond acceptors (Lipinski definition) is 3. The Labute approximate surface area is 124 Å². The zero-order valence-electron chi connectivity index (χ0n) is 13.0. The summed E-state index contributed by atoms with van der Waals surface area (Å²) in [5, 5.41) is 9.16. The number of carbonyl (C=O) groups excluding carboxylic acids is 2. The smallest absolute Gasteiger partial charge is 0.320 e. The van der Waals surface area contributed by atoms with Crippen molar-refractivity contribution in [1.82, 2.24) is 14.7 Å². The monoisotopic (exact) mass is 297 g/mol. The maximum absolute atomic E-state index is 12.7. The Morgan fingerprint density at radius 3 is 2.38 bits per heavy atom.